The van der Waals surface area contributed by atoms with Gasteiger partial charge in [0.05, 0.1) is 6.42 Å². The molecule has 1 aromatic rings. The number of hydrogen-bond acceptors (Lipinski definition) is 3. The number of aliphatic carboxylic acids is 1. The third kappa shape index (κ3) is 2.21. The maximum Gasteiger partial charge on any atom is 0.303 e. The van der Waals surface area contributed by atoms with Crippen molar-refractivity contribution in [3.05, 3.63) is 29.8 Å². The number of hydrogen-bond donors (Lipinski definition) is 1. The fourth-order valence-electron chi connectivity index (χ4n) is 1.75. The highest BCUT2D eigenvalue weighted by Gasteiger charge is 2.28. The summed E-state index contributed by atoms with van der Waals surface area (Å²) in [6, 6.07) is 7.48. The highest BCUT2D eigenvalue weighted by Crippen LogP contribution is 2.28. The molecule has 0 spiro atoms. The molecule has 0 amide bonds. The molecule has 4 nitrogen and oxygen atoms in total. The van der Waals surface area contributed by atoms with Gasteiger partial charge in [0.2, 0.25) is 0 Å². The predicted molar refractivity (Wildman–Crippen MR) is 56.4 cm³/mol. The number of benzene rings is 1. The van der Waals surface area contributed by atoms with Crippen molar-refractivity contribution in [2.24, 2.45) is 0 Å². The van der Waals surface area contributed by atoms with Crippen molar-refractivity contribution in [3.8, 4) is 5.75 Å². The first-order chi connectivity index (χ1) is 7.66. The predicted octanol–water partition coefficient (Wildman–Crippen LogP) is 1.42. The number of ether oxygens (including phenoxy) is 1. The van der Waals surface area contributed by atoms with Gasteiger partial charge < -0.3 is 9.84 Å². The smallest absolute Gasteiger partial charge is 0.303 e. The monoisotopic (exact) mass is 220 g/mol. The van der Waals surface area contributed by atoms with Crippen LogP contribution < -0.4 is 4.74 Å². The Hall–Kier alpha value is -1.84. The lowest BCUT2D eigenvalue weighted by Crippen LogP contribution is -2.25. The summed E-state index contributed by atoms with van der Waals surface area (Å²) in [5, 5.41) is 8.49. The molecular weight excluding hydrogens is 208 g/mol. The second-order valence-corrected chi connectivity index (χ2v) is 3.78. The Balaban J connectivity index is 1.96. The highest BCUT2D eigenvalue weighted by atomic mass is 16.5. The minimum atomic E-state index is -0.955. The number of rotatable bonds is 4. The molecule has 4 heteroatoms. The van der Waals surface area contributed by atoms with E-state index in [4.69, 9.17) is 9.84 Å². The van der Waals surface area contributed by atoms with Gasteiger partial charge in [-0.1, -0.05) is 18.2 Å². The summed E-state index contributed by atoms with van der Waals surface area (Å²) in [5.74, 6) is -0.362. The van der Waals surface area contributed by atoms with Gasteiger partial charge >= 0.3 is 5.97 Å². The van der Waals surface area contributed by atoms with Crippen LogP contribution in [0.1, 0.15) is 18.4 Å². The van der Waals surface area contributed by atoms with E-state index in [1.54, 1.807) is 0 Å². The molecule has 0 radical (unpaired) electrons. The van der Waals surface area contributed by atoms with E-state index in [1.165, 1.54) is 0 Å². The quantitative estimate of drug-likeness (QED) is 0.833. The summed E-state index contributed by atoms with van der Waals surface area (Å²) in [6.45, 7) is 0. The highest BCUT2D eigenvalue weighted by molar-refractivity contribution is 5.87. The van der Waals surface area contributed by atoms with Crippen LogP contribution in [-0.2, 0) is 16.0 Å². The molecule has 1 heterocycles. The van der Waals surface area contributed by atoms with Crippen molar-refractivity contribution in [3.63, 3.8) is 0 Å². The average molecular weight is 220 g/mol. The molecule has 0 aromatic heterocycles. The van der Waals surface area contributed by atoms with E-state index in [9.17, 15) is 9.59 Å². The number of ketones is 1. The molecule has 2 rings (SSSR count). The van der Waals surface area contributed by atoms with Crippen LogP contribution in [0.15, 0.2) is 24.3 Å². The van der Waals surface area contributed by atoms with Gasteiger partial charge in [0, 0.05) is 12.8 Å². The van der Waals surface area contributed by atoms with E-state index in [2.05, 4.69) is 0 Å². The molecule has 0 saturated carbocycles. The Morgan fingerprint density at radius 2 is 2.06 bits per heavy atom. The fourth-order valence-corrected chi connectivity index (χ4v) is 1.75. The Bertz CT molecular complexity index is 400. The first kappa shape index (κ1) is 10.7. The largest absolute Gasteiger partial charge is 0.482 e. The number of fused-ring (bicyclic) bond motifs is 1. The number of carbonyl (C=O) groups excluding carboxylic acids is 1. The van der Waals surface area contributed by atoms with Crippen LogP contribution in [0.3, 0.4) is 0 Å². The second kappa shape index (κ2) is 4.35. The molecule has 1 atom stereocenters. The first-order valence-corrected chi connectivity index (χ1v) is 5.16. The van der Waals surface area contributed by atoms with Crippen molar-refractivity contribution in [1.29, 1.82) is 0 Å². The Morgan fingerprint density at radius 1 is 1.31 bits per heavy atom. The van der Waals surface area contributed by atoms with E-state index >= 15 is 0 Å². The zero-order valence-corrected chi connectivity index (χ0v) is 8.68. The molecule has 0 bridgehead atoms. The summed E-state index contributed by atoms with van der Waals surface area (Å²) in [5.41, 5.74) is 1.01. The lowest BCUT2D eigenvalue weighted by molar-refractivity contribution is -0.139. The minimum absolute atomic E-state index is 0.0357. The summed E-state index contributed by atoms with van der Waals surface area (Å²) >= 11 is 0. The van der Waals surface area contributed by atoms with E-state index < -0.39 is 12.1 Å². The number of carboxylic acids is 1. The number of Topliss-reactive ketones (excluding diaryl/α,β-unsaturated/α-hetero) is 1. The van der Waals surface area contributed by atoms with Gasteiger partial charge in [-0.05, 0) is 11.6 Å². The molecule has 1 aromatic carbocycles. The van der Waals surface area contributed by atoms with Crippen molar-refractivity contribution < 1.29 is 19.4 Å². The fraction of sp³-hybridized carbons (Fsp3) is 0.333. The van der Waals surface area contributed by atoms with Gasteiger partial charge in [0.15, 0.2) is 11.9 Å². The zero-order valence-electron chi connectivity index (χ0n) is 8.68. The first-order valence-electron chi connectivity index (χ1n) is 5.16. The third-order valence-corrected chi connectivity index (χ3v) is 2.59. The van der Waals surface area contributed by atoms with Gasteiger partial charge in [-0.15, -0.1) is 0 Å². The molecule has 84 valence electrons. The van der Waals surface area contributed by atoms with Gasteiger partial charge in [0.25, 0.3) is 0 Å². The van der Waals surface area contributed by atoms with Crippen LogP contribution in [0.5, 0.6) is 5.75 Å². The standard InChI is InChI=1S/C12H12O4/c13-9(5-6-12(14)15)11-7-8-3-1-2-4-10(8)16-11/h1-4,11H,5-7H2,(H,14,15). The summed E-state index contributed by atoms with van der Waals surface area (Å²) in [4.78, 5) is 22.0. The van der Waals surface area contributed by atoms with Gasteiger partial charge in [-0.25, -0.2) is 0 Å². The molecule has 0 aliphatic carbocycles. The van der Waals surface area contributed by atoms with Gasteiger partial charge in [-0.3, -0.25) is 9.59 Å². The van der Waals surface area contributed by atoms with Crippen LogP contribution >= 0.6 is 0 Å². The van der Waals surface area contributed by atoms with Crippen LogP contribution in [0.4, 0.5) is 0 Å². The van der Waals surface area contributed by atoms with Crippen LogP contribution in [0.25, 0.3) is 0 Å². The molecule has 1 unspecified atom stereocenters. The Kier molecular flexibility index (Phi) is 2.90. The summed E-state index contributed by atoms with van der Waals surface area (Å²) in [7, 11) is 0. The van der Waals surface area contributed by atoms with E-state index in [1.807, 2.05) is 24.3 Å². The van der Waals surface area contributed by atoms with Crippen LogP contribution in [0.2, 0.25) is 0 Å². The van der Waals surface area contributed by atoms with Gasteiger partial charge in [-0.2, -0.15) is 0 Å². The average Bonchev–Trinajstić information content (AvgIpc) is 2.69. The minimum Gasteiger partial charge on any atom is -0.482 e. The summed E-state index contributed by atoms with van der Waals surface area (Å²) in [6.07, 6.45) is -0.0470. The molecule has 0 saturated heterocycles. The van der Waals surface area contributed by atoms with Crippen molar-refractivity contribution in [2.75, 3.05) is 0 Å². The SMILES string of the molecule is O=C(O)CCC(=O)C1Cc2ccccc2O1. The maximum atomic E-state index is 11.6. The molecule has 16 heavy (non-hydrogen) atoms. The van der Waals surface area contributed by atoms with Gasteiger partial charge in [0.1, 0.15) is 5.75 Å². The number of para-hydroxylation sites is 1. The van der Waals surface area contributed by atoms with Crippen LogP contribution in [0, 0.1) is 0 Å². The molecular formula is C12H12O4. The van der Waals surface area contributed by atoms with E-state index in [0.717, 1.165) is 11.3 Å². The Labute approximate surface area is 92.8 Å². The van der Waals surface area contributed by atoms with Crippen molar-refractivity contribution in [2.45, 2.75) is 25.4 Å². The second-order valence-electron chi connectivity index (χ2n) is 3.78. The van der Waals surface area contributed by atoms with E-state index in [0.29, 0.717) is 6.42 Å². The van der Waals surface area contributed by atoms with Crippen molar-refractivity contribution >= 4 is 11.8 Å². The summed E-state index contributed by atoms with van der Waals surface area (Å²) < 4.78 is 5.46. The lowest BCUT2D eigenvalue weighted by Gasteiger charge is -2.07. The molecule has 1 aliphatic heterocycles. The Morgan fingerprint density at radius 3 is 2.75 bits per heavy atom. The number of carbonyl (C=O) groups is 2. The topological polar surface area (TPSA) is 63.6 Å². The molecule has 1 N–H and O–H groups in total. The van der Waals surface area contributed by atoms with Crippen LogP contribution in [-0.4, -0.2) is 23.0 Å². The lowest BCUT2D eigenvalue weighted by atomic mass is 10.0. The molecule has 0 fully saturated rings. The maximum absolute atomic E-state index is 11.6. The number of carboxylic acid groups (broad SMARTS) is 1. The van der Waals surface area contributed by atoms with E-state index in [-0.39, 0.29) is 18.6 Å². The third-order valence-electron chi connectivity index (χ3n) is 2.59. The van der Waals surface area contributed by atoms with Crippen molar-refractivity contribution in [1.82, 2.24) is 0 Å². The zero-order chi connectivity index (χ0) is 11.5. The normalized spacial score (nSPS) is 17.6. The molecule has 1 aliphatic rings.